The molecule has 0 spiro atoms. The van der Waals surface area contributed by atoms with E-state index in [-0.39, 0.29) is 21.2 Å². The normalized spacial score (nSPS) is 11.4. The van der Waals surface area contributed by atoms with Crippen molar-refractivity contribution in [2.24, 2.45) is 0 Å². The molecule has 0 aliphatic rings. The highest BCUT2D eigenvalue weighted by atomic mass is 127. The Hall–Kier alpha value is -0.610. The molecule has 0 radical (unpaired) electrons. The molecule has 0 aromatic heterocycles. The van der Waals surface area contributed by atoms with E-state index in [9.17, 15) is 13.2 Å². The number of hydrogen-bond acceptors (Lipinski definition) is 3. The first-order valence-corrected chi connectivity index (χ1v) is 11.7. The van der Waals surface area contributed by atoms with Crippen molar-refractivity contribution in [2.75, 3.05) is 0 Å². The predicted octanol–water partition coefficient (Wildman–Crippen LogP) is 2.26. The molecule has 25 heavy (non-hydrogen) atoms. The third kappa shape index (κ3) is 12.4. The van der Waals surface area contributed by atoms with Gasteiger partial charge in [0.2, 0.25) is 0 Å². The Morgan fingerprint density at radius 3 is 1.88 bits per heavy atom. The summed E-state index contributed by atoms with van der Waals surface area (Å²) in [7, 11) is -6.09. The fourth-order valence-corrected chi connectivity index (χ4v) is 3.92. The molecule has 0 bridgehead atoms. The van der Waals surface area contributed by atoms with Gasteiger partial charge in [0.1, 0.15) is 0 Å². The lowest BCUT2D eigenvalue weighted by Gasteiger charge is -2.08. The Morgan fingerprint density at radius 1 is 1.08 bits per heavy atom. The summed E-state index contributed by atoms with van der Waals surface area (Å²) in [6, 6.07) is 10.9. The molecule has 0 N–H and O–H groups in total. The zero-order chi connectivity index (χ0) is 19.3. The lowest BCUT2D eigenvalue weighted by atomic mass is 10.1. The molecular weight excluding hydrogens is 468 g/mol. The summed E-state index contributed by atoms with van der Waals surface area (Å²) in [5.41, 5.74) is -3.93. The first kappa shape index (κ1) is 24.4. The van der Waals surface area contributed by atoms with E-state index in [1.54, 1.807) is 5.57 Å². The SMILES string of the molecule is CCCCC(=C[I+]c1ccccc1)CCCC.O=S(=O)([O-])C(F)(F)F. The molecule has 0 fully saturated rings. The lowest BCUT2D eigenvalue weighted by molar-refractivity contribution is -0.557. The van der Waals surface area contributed by atoms with E-state index in [2.05, 4.69) is 48.3 Å². The van der Waals surface area contributed by atoms with Crippen molar-refractivity contribution in [3.63, 3.8) is 0 Å². The summed E-state index contributed by atoms with van der Waals surface area (Å²) in [6.45, 7) is 4.56. The van der Waals surface area contributed by atoms with Crippen LogP contribution in [0.15, 0.2) is 40.0 Å². The highest BCUT2D eigenvalue weighted by Gasteiger charge is 2.36. The average Bonchev–Trinajstić information content (AvgIpc) is 2.54. The lowest BCUT2D eigenvalue weighted by Crippen LogP contribution is -3.59. The topological polar surface area (TPSA) is 57.2 Å². The van der Waals surface area contributed by atoms with Crippen molar-refractivity contribution >= 4 is 10.1 Å². The van der Waals surface area contributed by atoms with Gasteiger partial charge in [-0.3, -0.25) is 0 Å². The van der Waals surface area contributed by atoms with Crippen molar-refractivity contribution in [3.8, 4) is 0 Å². The van der Waals surface area contributed by atoms with Gasteiger partial charge in [0, 0.05) is 0 Å². The van der Waals surface area contributed by atoms with Gasteiger partial charge in [0.25, 0.3) is 0 Å². The molecule has 1 aromatic carbocycles. The van der Waals surface area contributed by atoms with Crippen LogP contribution in [-0.4, -0.2) is 18.5 Å². The summed E-state index contributed by atoms with van der Waals surface area (Å²) < 4.78 is 63.0. The smallest absolute Gasteiger partial charge is 0.485 e. The quantitative estimate of drug-likeness (QED) is 0.318. The first-order valence-electron chi connectivity index (χ1n) is 8.00. The largest absolute Gasteiger partial charge is 0.741 e. The van der Waals surface area contributed by atoms with Crippen LogP contribution in [0.2, 0.25) is 0 Å². The van der Waals surface area contributed by atoms with Gasteiger partial charge >= 0.3 is 26.7 Å². The van der Waals surface area contributed by atoms with Gasteiger partial charge in [-0.1, -0.05) is 44.9 Å². The second kappa shape index (κ2) is 12.7. The standard InChI is InChI=1S/C16H24I.CHF3O3S/c1-3-5-10-15(11-6-4-2)14-17-16-12-8-7-9-13-16;2-1(3,4)8(5,6)7/h7-9,12-14H,3-6,10-11H2,1-2H3;(H,5,6,7)/q+1;/p-1. The fourth-order valence-electron chi connectivity index (χ4n) is 1.67. The van der Waals surface area contributed by atoms with Crippen LogP contribution < -0.4 is 21.2 Å². The Morgan fingerprint density at radius 2 is 1.52 bits per heavy atom. The Bertz CT molecular complexity index is 589. The minimum absolute atomic E-state index is 0.0889. The highest BCUT2D eigenvalue weighted by Crippen LogP contribution is 2.20. The Kier molecular flexibility index (Phi) is 12.4. The molecular formula is C17H24F3IO3S. The van der Waals surface area contributed by atoms with E-state index in [1.807, 2.05) is 0 Å². The van der Waals surface area contributed by atoms with Crippen molar-refractivity contribution in [1.82, 2.24) is 0 Å². The molecule has 0 atom stereocenters. The summed E-state index contributed by atoms with van der Waals surface area (Å²) in [5.74, 6) is 0. The molecule has 0 amide bonds. The van der Waals surface area contributed by atoms with Crippen LogP contribution in [0.4, 0.5) is 13.2 Å². The zero-order valence-electron chi connectivity index (χ0n) is 14.4. The Labute approximate surface area is 158 Å². The number of unbranched alkanes of at least 4 members (excludes halogenated alkanes) is 2. The number of halogens is 4. The maximum atomic E-state index is 10.7. The number of benzene rings is 1. The number of rotatable bonds is 8. The molecule has 0 saturated carbocycles. The third-order valence-electron chi connectivity index (χ3n) is 3.05. The second-order valence-electron chi connectivity index (χ2n) is 5.28. The van der Waals surface area contributed by atoms with Crippen molar-refractivity contribution in [2.45, 2.75) is 57.9 Å². The molecule has 0 heterocycles. The highest BCUT2D eigenvalue weighted by molar-refractivity contribution is 7.86. The minimum atomic E-state index is -6.09. The molecule has 0 aliphatic carbocycles. The van der Waals surface area contributed by atoms with Crippen LogP contribution in [-0.2, 0) is 10.1 Å². The molecule has 144 valence electrons. The number of alkyl halides is 3. The van der Waals surface area contributed by atoms with Gasteiger partial charge in [-0.05, 0) is 43.4 Å². The second-order valence-corrected chi connectivity index (χ2v) is 9.14. The maximum Gasteiger partial charge on any atom is 0.485 e. The first-order chi connectivity index (χ1) is 11.6. The van der Waals surface area contributed by atoms with E-state index in [0.717, 1.165) is 0 Å². The molecule has 1 rings (SSSR count). The summed E-state index contributed by atoms with van der Waals surface area (Å²) in [6.07, 6.45) is 7.98. The minimum Gasteiger partial charge on any atom is -0.741 e. The fraction of sp³-hybridized carbons (Fsp3) is 0.529. The van der Waals surface area contributed by atoms with Gasteiger partial charge in [-0.2, -0.15) is 13.2 Å². The van der Waals surface area contributed by atoms with E-state index >= 15 is 0 Å². The van der Waals surface area contributed by atoms with Crippen LogP contribution in [0.1, 0.15) is 52.4 Å². The van der Waals surface area contributed by atoms with Crippen molar-refractivity contribution < 1.29 is 47.3 Å². The van der Waals surface area contributed by atoms with Crippen LogP contribution in [0, 0.1) is 3.57 Å². The molecule has 8 heteroatoms. The predicted molar refractivity (Wildman–Crippen MR) is 88.0 cm³/mol. The average molecular weight is 492 g/mol. The van der Waals surface area contributed by atoms with Gasteiger partial charge in [-0.15, -0.1) is 0 Å². The van der Waals surface area contributed by atoms with E-state index in [4.69, 9.17) is 13.0 Å². The van der Waals surface area contributed by atoms with E-state index < -0.39 is 15.6 Å². The van der Waals surface area contributed by atoms with Crippen LogP contribution >= 0.6 is 0 Å². The summed E-state index contributed by atoms with van der Waals surface area (Å²) >= 11 is 0.0889. The zero-order valence-corrected chi connectivity index (χ0v) is 17.3. The number of allylic oxidation sites excluding steroid dienone is 1. The van der Waals surface area contributed by atoms with Crippen molar-refractivity contribution in [3.05, 3.63) is 43.6 Å². The van der Waals surface area contributed by atoms with Gasteiger partial charge in [-0.25, -0.2) is 8.42 Å². The van der Waals surface area contributed by atoms with E-state index in [1.165, 1.54) is 42.1 Å². The van der Waals surface area contributed by atoms with E-state index in [0.29, 0.717) is 0 Å². The molecule has 0 saturated heterocycles. The summed E-state index contributed by atoms with van der Waals surface area (Å²) in [4.78, 5) is 0. The van der Waals surface area contributed by atoms with Gasteiger partial charge < -0.3 is 4.55 Å². The monoisotopic (exact) mass is 492 g/mol. The van der Waals surface area contributed by atoms with Crippen LogP contribution in [0.5, 0.6) is 0 Å². The molecule has 0 unspecified atom stereocenters. The maximum absolute atomic E-state index is 10.7. The van der Waals surface area contributed by atoms with Gasteiger partial charge in [0.15, 0.2) is 17.8 Å². The summed E-state index contributed by atoms with van der Waals surface area (Å²) in [5, 5.41) is 0. The van der Waals surface area contributed by atoms with Gasteiger partial charge in [0.05, 0.1) is 0 Å². The molecule has 0 aliphatic heterocycles. The third-order valence-corrected chi connectivity index (χ3v) is 6.25. The van der Waals surface area contributed by atoms with Crippen LogP contribution in [0.3, 0.4) is 0 Å². The van der Waals surface area contributed by atoms with Crippen LogP contribution in [0.25, 0.3) is 0 Å². The Balaban J connectivity index is 0.000000609. The van der Waals surface area contributed by atoms with Crippen molar-refractivity contribution in [1.29, 1.82) is 0 Å². The number of hydrogen-bond donors (Lipinski definition) is 0. The molecule has 3 nitrogen and oxygen atoms in total. The molecule has 1 aromatic rings.